The Morgan fingerprint density at radius 2 is 2.21 bits per heavy atom. The molecule has 2 atom stereocenters. The maximum atomic E-state index is 5.41. The molecule has 1 saturated heterocycles. The fraction of sp³-hybridized carbons (Fsp3) is 0.647. The first-order valence-corrected chi connectivity index (χ1v) is 7.45. The molecule has 106 valence electrons. The van der Waals surface area contributed by atoms with Crippen molar-refractivity contribution in [1.29, 1.82) is 0 Å². The second-order valence-electron chi connectivity index (χ2n) is 6.05. The highest BCUT2D eigenvalue weighted by Gasteiger charge is 2.40. The lowest BCUT2D eigenvalue weighted by molar-refractivity contribution is 0.112. The minimum absolute atomic E-state index is 0.329. The Hall–Kier alpha value is -1.02. The predicted octanol–water partition coefficient (Wildman–Crippen LogP) is 3.70. The van der Waals surface area contributed by atoms with E-state index in [0.29, 0.717) is 11.3 Å². The Balaban J connectivity index is 2.37. The van der Waals surface area contributed by atoms with E-state index in [1.807, 2.05) is 6.07 Å². The number of piperidine rings is 1. The van der Waals surface area contributed by atoms with E-state index in [1.165, 1.54) is 37.9 Å². The normalized spacial score (nSPS) is 28.3. The van der Waals surface area contributed by atoms with Crippen LogP contribution in [0.2, 0.25) is 0 Å². The molecule has 0 aromatic heterocycles. The SMILES string of the molecule is CCC[C@@]1(c2cccc(OC)c2)CCN(C)C[C@@H]1C. The fourth-order valence-corrected chi connectivity index (χ4v) is 3.69. The summed E-state index contributed by atoms with van der Waals surface area (Å²) in [5.74, 6) is 1.68. The molecular formula is C17H27NO. The fourth-order valence-electron chi connectivity index (χ4n) is 3.69. The van der Waals surface area contributed by atoms with Crippen LogP contribution in [0.1, 0.15) is 38.7 Å². The van der Waals surface area contributed by atoms with Crippen LogP contribution < -0.4 is 4.74 Å². The zero-order chi connectivity index (χ0) is 13.9. The highest BCUT2D eigenvalue weighted by Crippen LogP contribution is 2.43. The molecule has 1 aliphatic rings. The molecule has 0 unspecified atom stereocenters. The van der Waals surface area contributed by atoms with Gasteiger partial charge < -0.3 is 9.64 Å². The molecule has 1 aliphatic heterocycles. The third-order valence-corrected chi connectivity index (χ3v) is 4.81. The third-order valence-electron chi connectivity index (χ3n) is 4.81. The molecule has 0 aliphatic carbocycles. The molecule has 19 heavy (non-hydrogen) atoms. The Kier molecular flexibility index (Phi) is 4.51. The summed E-state index contributed by atoms with van der Waals surface area (Å²) in [5.41, 5.74) is 1.80. The molecule has 0 radical (unpaired) electrons. The van der Waals surface area contributed by atoms with Gasteiger partial charge in [0.05, 0.1) is 7.11 Å². The summed E-state index contributed by atoms with van der Waals surface area (Å²) in [6, 6.07) is 8.72. The van der Waals surface area contributed by atoms with Crippen LogP contribution >= 0.6 is 0 Å². The van der Waals surface area contributed by atoms with Crippen LogP contribution in [0.5, 0.6) is 5.75 Å². The standard InChI is InChI=1S/C17H27NO/c1-5-9-17(10-11-18(3)13-14(17)2)15-7-6-8-16(12-15)19-4/h6-8,12,14H,5,9-11,13H2,1-4H3/t14-,17+/m0/s1. The number of benzene rings is 1. The summed E-state index contributed by atoms with van der Waals surface area (Å²) in [7, 11) is 3.99. The van der Waals surface area contributed by atoms with Crippen LogP contribution in [0.15, 0.2) is 24.3 Å². The minimum atomic E-state index is 0.329. The molecule has 2 rings (SSSR count). The van der Waals surface area contributed by atoms with Crippen molar-refractivity contribution in [3.8, 4) is 5.75 Å². The van der Waals surface area contributed by atoms with Crippen molar-refractivity contribution in [2.75, 3.05) is 27.2 Å². The molecule has 1 aromatic carbocycles. The summed E-state index contributed by atoms with van der Waals surface area (Å²) >= 11 is 0. The van der Waals surface area contributed by atoms with Gasteiger partial charge in [-0.2, -0.15) is 0 Å². The Labute approximate surface area is 117 Å². The van der Waals surface area contributed by atoms with E-state index in [9.17, 15) is 0 Å². The van der Waals surface area contributed by atoms with Crippen molar-refractivity contribution < 1.29 is 4.74 Å². The van der Waals surface area contributed by atoms with Crippen molar-refractivity contribution in [3.63, 3.8) is 0 Å². The second kappa shape index (κ2) is 5.96. The van der Waals surface area contributed by atoms with Crippen LogP contribution in [-0.2, 0) is 5.41 Å². The molecule has 0 spiro atoms. The third kappa shape index (κ3) is 2.79. The highest BCUT2D eigenvalue weighted by molar-refractivity contribution is 5.35. The molecule has 0 bridgehead atoms. The smallest absolute Gasteiger partial charge is 0.119 e. The zero-order valence-corrected chi connectivity index (χ0v) is 12.8. The van der Waals surface area contributed by atoms with Gasteiger partial charge in [0.1, 0.15) is 5.75 Å². The number of ether oxygens (including phenoxy) is 1. The molecular weight excluding hydrogens is 234 g/mol. The van der Waals surface area contributed by atoms with E-state index in [-0.39, 0.29) is 0 Å². The van der Waals surface area contributed by atoms with Crippen molar-refractivity contribution in [1.82, 2.24) is 4.90 Å². The molecule has 0 N–H and O–H groups in total. The van der Waals surface area contributed by atoms with Gasteiger partial charge in [-0.25, -0.2) is 0 Å². The second-order valence-corrected chi connectivity index (χ2v) is 6.05. The van der Waals surface area contributed by atoms with Crippen LogP contribution in [0.25, 0.3) is 0 Å². The molecule has 2 nitrogen and oxygen atoms in total. The van der Waals surface area contributed by atoms with E-state index in [0.717, 1.165) is 5.75 Å². The Bertz CT molecular complexity index is 417. The molecule has 1 aromatic rings. The van der Waals surface area contributed by atoms with Crippen molar-refractivity contribution in [2.24, 2.45) is 5.92 Å². The lowest BCUT2D eigenvalue weighted by Crippen LogP contribution is -2.47. The number of methoxy groups -OCH3 is 1. The van der Waals surface area contributed by atoms with Crippen molar-refractivity contribution >= 4 is 0 Å². The van der Waals surface area contributed by atoms with Crippen molar-refractivity contribution in [2.45, 2.75) is 38.5 Å². The summed E-state index contributed by atoms with van der Waals surface area (Å²) in [6.45, 7) is 7.09. The van der Waals surface area contributed by atoms with Crippen molar-refractivity contribution in [3.05, 3.63) is 29.8 Å². The molecule has 1 fully saturated rings. The maximum absolute atomic E-state index is 5.41. The van der Waals surface area contributed by atoms with Crippen LogP contribution in [0.4, 0.5) is 0 Å². The van der Waals surface area contributed by atoms with Gasteiger partial charge in [-0.3, -0.25) is 0 Å². The molecule has 1 heterocycles. The lowest BCUT2D eigenvalue weighted by Gasteiger charge is -2.46. The van der Waals surface area contributed by atoms with E-state index in [2.05, 4.69) is 44.0 Å². The van der Waals surface area contributed by atoms with Gasteiger partial charge in [0.25, 0.3) is 0 Å². The van der Waals surface area contributed by atoms with Crippen LogP contribution in [-0.4, -0.2) is 32.1 Å². The van der Waals surface area contributed by atoms with Crippen LogP contribution in [0.3, 0.4) is 0 Å². The predicted molar refractivity (Wildman–Crippen MR) is 80.9 cm³/mol. The molecule has 2 heteroatoms. The van der Waals surface area contributed by atoms with Gasteiger partial charge in [-0.15, -0.1) is 0 Å². The number of likely N-dealkylation sites (tertiary alicyclic amines) is 1. The number of rotatable bonds is 4. The highest BCUT2D eigenvalue weighted by atomic mass is 16.5. The van der Waals surface area contributed by atoms with Gasteiger partial charge in [0.2, 0.25) is 0 Å². The summed E-state index contributed by atoms with van der Waals surface area (Å²) in [5, 5.41) is 0. The van der Waals surface area contributed by atoms with Gasteiger partial charge in [0, 0.05) is 12.0 Å². The molecule has 0 amide bonds. The Morgan fingerprint density at radius 1 is 1.42 bits per heavy atom. The minimum Gasteiger partial charge on any atom is -0.497 e. The zero-order valence-electron chi connectivity index (χ0n) is 12.8. The van der Waals surface area contributed by atoms with E-state index >= 15 is 0 Å². The van der Waals surface area contributed by atoms with E-state index in [4.69, 9.17) is 4.74 Å². The lowest BCUT2D eigenvalue weighted by atomic mass is 9.64. The first-order chi connectivity index (χ1) is 9.12. The summed E-state index contributed by atoms with van der Waals surface area (Å²) in [4.78, 5) is 2.46. The maximum Gasteiger partial charge on any atom is 0.119 e. The van der Waals surface area contributed by atoms with E-state index in [1.54, 1.807) is 7.11 Å². The first kappa shape index (κ1) is 14.4. The van der Waals surface area contributed by atoms with E-state index < -0.39 is 0 Å². The topological polar surface area (TPSA) is 12.5 Å². The largest absolute Gasteiger partial charge is 0.497 e. The van der Waals surface area contributed by atoms with Crippen LogP contribution in [0, 0.1) is 5.92 Å². The number of nitrogens with zero attached hydrogens (tertiary/aromatic N) is 1. The van der Waals surface area contributed by atoms with Gasteiger partial charge >= 0.3 is 0 Å². The van der Waals surface area contributed by atoms with Gasteiger partial charge in [0.15, 0.2) is 0 Å². The van der Waals surface area contributed by atoms with Gasteiger partial charge in [-0.05, 0) is 50.0 Å². The average molecular weight is 261 g/mol. The van der Waals surface area contributed by atoms with Gasteiger partial charge in [-0.1, -0.05) is 32.4 Å². The summed E-state index contributed by atoms with van der Waals surface area (Å²) in [6.07, 6.45) is 3.77. The monoisotopic (exact) mass is 261 g/mol. The number of hydrogen-bond acceptors (Lipinski definition) is 2. The first-order valence-electron chi connectivity index (χ1n) is 7.45. The Morgan fingerprint density at radius 3 is 2.84 bits per heavy atom. The molecule has 0 saturated carbocycles. The number of hydrogen-bond donors (Lipinski definition) is 0. The average Bonchev–Trinajstić information content (AvgIpc) is 2.42. The summed E-state index contributed by atoms with van der Waals surface area (Å²) < 4.78 is 5.41. The quantitative estimate of drug-likeness (QED) is 0.819.